The number of fused-ring (bicyclic) bond motifs is 5. The molecule has 0 N–H and O–H groups in total. The van der Waals surface area contributed by atoms with Crippen LogP contribution < -0.4 is 0 Å². The van der Waals surface area contributed by atoms with Crippen molar-refractivity contribution >= 4 is 11.9 Å². The number of hydrogen-bond acceptors (Lipinski definition) is 4. The van der Waals surface area contributed by atoms with Gasteiger partial charge in [-0.05, 0) is 36.1 Å². The molecule has 2 aliphatic rings. The summed E-state index contributed by atoms with van der Waals surface area (Å²) in [6, 6.07) is 14.6. The molecule has 0 bridgehead atoms. The molecule has 1 aromatic heterocycles. The number of hydrogen-bond donors (Lipinski definition) is 0. The summed E-state index contributed by atoms with van der Waals surface area (Å²) in [5.41, 5.74) is 2.98. The number of alkyl halides is 3. The van der Waals surface area contributed by atoms with Crippen molar-refractivity contribution in [2.45, 2.75) is 25.1 Å². The standard InChI is InChI=1S/C23H18F3N3O3/c24-23(25,26)12-32-22(31)19-20-18-7-4-10-28(18)21(30)16-11-15(14-5-2-1-3-6-14)8-9-17(16)29(20)13-27-19/h1-3,5-6,8-9,11,13,18H,4,7,10,12H2/t18-/m0/s1. The lowest BCUT2D eigenvalue weighted by molar-refractivity contribution is -0.161. The second-order valence-electron chi connectivity index (χ2n) is 7.79. The van der Waals surface area contributed by atoms with Crippen LogP contribution >= 0.6 is 0 Å². The Morgan fingerprint density at radius 2 is 1.91 bits per heavy atom. The van der Waals surface area contributed by atoms with E-state index in [2.05, 4.69) is 9.72 Å². The third kappa shape index (κ3) is 3.43. The van der Waals surface area contributed by atoms with Crippen molar-refractivity contribution in [3.8, 4) is 16.8 Å². The first-order valence-corrected chi connectivity index (χ1v) is 10.2. The van der Waals surface area contributed by atoms with Crippen LogP contribution in [0.4, 0.5) is 13.2 Å². The van der Waals surface area contributed by atoms with Crippen molar-refractivity contribution in [3.05, 3.63) is 71.8 Å². The number of carbonyl (C=O) groups is 2. The average Bonchev–Trinajstić information content (AvgIpc) is 3.42. The monoisotopic (exact) mass is 441 g/mol. The van der Waals surface area contributed by atoms with Gasteiger partial charge >= 0.3 is 12.1 Å². The Kier molecular flexibility index (Phi) is 4.76. The van der Waals surface area contributed by atoms with E-state index in [1.165, 1.54) is 6.33 Å². The third-order valence-electron chi connectivity index (χ3n) is 5.79. The largest absolute Gasteiger partial charge is 0.451 e. The van der Waals surface area contributed by atoms with Gasteiger partial charge in [0, 0.05) is 6.54 Å². The number of nitrogens with zero attached hydrogens (tertiary/aromatic N) is 3. The van der Waals surface area contributed by atoms with E-state index in [9.17, 15) is 22.8 Å². The zero-order valence-corrected chi connectivity index (χ0v) is 16.8. The molecule has 0 saturated carbocycles. The highest BCUT2D eigenvalue weighted by molar-refractivity contribution is 6.01. The molecule has 9 heteroatoms. The number of aromatic nitrogens is 2. The van der Waals surface area contributed by atoms with Gasteiger partial charge in [-0.15, -0.1) is 0 Å². The quantitative estimate of drug-likeness (QED) is 0.560. The van der Waals surface area contributed by atoms with Crippen molar-refractivity contribution in [2.75, 3.05) is 13.2 Å². The fourth-order valence-corrected chi connectivity index (χ4v) is 4.42. The second-order valence-corrected chi connectivity index (χ2v) is 7.79. The zero-order valence-electron chi connectivity index (χ0n) is 16.8. The van der Waals surface area contributed by atoms with Gasteiger partial charge in [-0.3, -0.25) is 9.36 Å². The first-order valence-electron chi connectivity index (χ1n) is 10.2. The lowest BCUT2D eigenvalue weighted by Gasteiger charge is -2.23. The number of imidazole rings is 1. The molecule has 1 saturated heterocycles. The molecule has 1 amide bonds. The summed E-state index contributed by atoms with van der Waals surface area (Å²) in [7, 11) is 0. The number of halogens is 3. The van der Waals surface area contributed by atoms with Crippen LogP contribution in [0.15, 0.2) is 54.9 Å². The smallest absolute Gasteiger partial charge is 0.422 e. The van der Waals surface area contributed by atoms with E-state index < -0.39 is 24.8 Å². The third-order valence-corrected chi connectivity index (χ3v) is 5.79. The van der Waals surface area contributed by atoms with Gasteiger partial charge in [-0.25, -0.2) is 9.78 Å². The van der Waals surface area contributed by atoms with Crippen LogP contribution in [0.1, 0.15) is 45.4 Å². The van der Waals surface area contributed by atoms with Crippen molar-refractivity contribution in [1.29, 1.82) is 0 Å². The van der Waals surface area contributed by atoms with E-state index >= 15 is 0 Å². The topological polar surface area (TPSA) is 64.4 Å². The van der Waals surface area contributed by atoms with Crippen LogP contribution in [-0.2, 0) is 4.74 Å². The van der Waals surface area contributed by atoms with Crippen molar-refractivity contribution in [3.63, 3.8) is 0 Å². The second kappa shape index (κ2) is 7.51. The number of carbonyl (C=O) groups excluding carboxylic acids is 2. The Morgan fingerprint density at radius 1 is 1.12 bits per heavy atom. The molecular formula is C23H18F3N3O3. The summed E-state index contributed by atoms with van der Waals surface area (Å²) < 4.78 is 43.7. The molecule has 0 spiro atoms. The van der Waals surface area contributed by atoms with Gasteiger partial charge in [-0.1, -0.05) is 36.4 Å². The molecule has 2 aliphatic heterocycles. The molecule has 2 aromatic carbocycles. The van der Waals surface area contributed by atoms with E-state index in [1.807, 2.05) is 36.4 Å². The number of amides is 1. The fourth-order valence-electron chi connectivity index (χ4n) is 4.42. The Morgan fingerprint density at radius 3 is 2.66 bits per heavy atom. The zero-order chi connectivity index (χ0) is 22.5. The minimum Gasteiger partial charge on any atom is -0.451 e. The highest BCUT2D eigenvalue weighted by atomic mass is 19.4. The summed E-state index contributed by atoms with van der Waals surface area (Å²) in [6.07, 6.45) is -1.97. The molecule has 1 fully saturated rings. The first-order chi connectivity index (χ1) is 15.3. The van der Waals surface area contributed by atoms with E-state index in [4.69, 9.17) is 0 Å². The lowest BCUT2D eigenvalue weighted by Crippen LogP contribution is -2.30. The van der Waals surface area contributed by atoms with Gasteiger partial charge in [0.05, 0.1) is 23.0 Å². The van der Waals surface area contributed by atoms with E-state index in [0.29, 0.717) is 36.3 Å². The van der Waals surface area contributed by atoms with Crippen LogP contribution in [-0.4, -0.2) is 45.7 Å². The SMILES string of the molecule is O=C(OCC(F)(F)F)c1ncn2c1[C@@H]1CCCN1C(=O)c1cc(-c3ccccc3)ccc1-2. The molecule has 0 unspecified atom stereocenters. The van der Waals surface area contributed by atoms with Gasteiger partial charge in [0.25, 0.3) is 5.91 Å². The molecule has 1 atom stereocenters. The number of ether oxygens (including phenoxy) is 1. The van der Waals surface area contributed by atoms with Gasteiger partial charge in [0.1, 0.15) is 6.33 Å². The number of benzene rings is 2. The van der Waals surface area contributed by atoms with Crippen molar-refractivity contribution < 1.29 is 27.5 Å². The Bertz CT molecular complexity index is 1200. The highest BCUT2D eigenvalue weighted by Crippen LogP contribution is 2.40. The summed E-state index contributed by atoms with van der Waals surface area (Å²) in [5, 5.41) is 0. The maximum absolute atomic E-state index is 13.4. The summed E-state index contributed by atoms with van der Waals surface area (Å²) in [5.74, 6) is -1.33. The van der Waals surface area contributed by atoms with Gasteiger partial charge in [0.15, 0.2) is 12.3 Å². The number of esters is 1. The van der Waals surface area contributed by atoms with E-state index in [-0.39, 0.29) is 11.6 Å². The average molecular weight is 441 g/mol. The van der Waals surface area contributed by atoms with Crippen LogP contribution in [0.2, 0.25) is 0 Å². The fraction of sp³-hybridized carbons (Fsp3) is 0.261. The first kappa shape index (κ1) is 20.3. The van der Waals surface area contributed by atoms with Crippen LogP contribution in [0, 0.1) is 0 Å². The minimum absolute atomic E-state index is 0.182. The Balaban J connectivity index is 1.62. The van der Waals surface area contributed by atoms with Crippen LogP contribution in [0.25, 0.3) is 16.8 Å². The molecule has 5 rings (SSSR count). The van der Waals surface area contributed by atoms with Crippen molar-refractivity contribution in [1.82, 2.24) is 14.5 Å². The summed E-state index contributed by atoms with van der Waals surface area (Å²) in [6.45, 7) is -1.21. The molecule has 164 valence electrons. The predicted octanol–water partition coefficient (Wildman–Crippen LogP) is 4.55. The highest BCUT2D eigenvalue weighted by Gasteiger charge is 2.41. The molecule has 3 aromatic rings. The van der Waals surface area contributed by atoms with Gasteiger partial charge in [-0.2, -0.15) is 13.2 Å². The van der Waals surface area contributed by atoms with E-state index in [1.54, 1.807) is 21.6 Å². The van der Waals surface area contributed by atoms with Gasteiger partial charge < -0.3 is 9.64 Å². The predicted molar refractivity (Wildman–Crippen MR) is 108 cm³/mol. The van der Waals surface area contributed by atoms with E-state index in [0.717, 1.165) is 11.1 Å². The Labute approximate surface area is 181 Å². The van der Waals surface area contributed by atoms with Crippen LogP contribution in [0.5, 0.6) is 0 Å². The maximum Gasteiger partial charge on any atom is 0.422 e. The Hall–Kier alpha value is -3.62. The van der Waals surface area contributed by atoms with Crippen molar-refractivity contribution in [2.24, 2.45) is 0 Å². The molecule has 6 nitrogen and oxygen atoms in total. The summed E-state index contributed by atoms with van der Waals surface area (Å²) >= 11 is 0. The van der Waals surface area contributed by atoms with Gasteiger partial charge in [0.2, 0.25) is 0 Å². The molecular weight excluding hydrogens is 423 g/mol. The minimum atomic E-state index is -4.64. The maximum atomic E-state index is 13.4. The molecule has 3 heterocycles. The molecule has 0 radical (unpaired) electrons. The normalized spacial score (nSPS) is 17.4. The molecule has 32 heavy (non-hydrogen) atoms. The molecule has 0 aliphatic carbocycles. The number of rotatable bonds is 3. The lowest BCUT2D eigenvalue weighted by atomic mass is 10.0. The van der Waals surface area contributed by atoms with Crippen LogP contribution in [0.3, 0.4) is 0 Å². The summed E-state index contributed by atoms with van der Waals surface area (Å²) in [4.78, 5) is 31.6.